The van der Waals surface area contributed by atoms with E-state index in [-0.39, 0.29) is 24.6 Å². The quantitative estimate of drug-likeness (QED) is 0.845. The molecular weight excluding hydrogens is 306 g/mol. The van der Waals surface area contributed by atoms with Crippen molar-refractivity contribution >= 4 is 11.9 Å². The Kier molecular flexibility index (Phi) is 4.60. The average Bonchev–Trinajstić information content (AvgIpc) is 2.79. The summed E-state index contributed by atoms with van der Waals surface area (Å²) in [6.07, 6.45) is 1.23. The van der Waals surface area contributed by atoms with Crippen molar-refractivity contribution in [1.82, 2.24) is 14.7 Å². The molecule has 0 aliphatic carbocycles. The second-order valence-corrected chi connectivity index (χ2v) is 6.82. The van der Waals surface area contributed by atoms with Gasteiger partial charge in [0.2, 0.25) is 0 Å². The van der Waals surface area contributed by atoms with Gasteiger partial charge in [0.15, 0.2) is 0 Å². The first-order valence-electron chi connectivity index (χ1n) is 8.48. The Hall–Kier alpha value is -1.92. The predicted molar refractivity (Wildman–Crippen MR) is 90.2 cm³/mol. The third-order valence-electron chi connectivity index (χ3n) is 5.50. The van der Waals surface area contributed by atoms with Crippen LogP contribution in [0, 0.1) is 0 Å². The Bertz CT molecular complexity index is 611. The molecule has 1 atom stereocenters. The van der Waals surface area contributed by atoms with Crippen LogP contribution in [0.15, 0.2) is 30.3 Å². The van der Waals surface area contributed by atoms with E-state index in [2.05, 4.69) is 4.90 Å². The molecule has 0 bridgehead atoms. The monoisotopic (exact) mass is 331 g/mol. The summed E-state index contributed by atoms with van der Waals surface area (Å²) in [4.78, 5) is 30.9. The lowest BCUT2D eigenvalue weighted by Crippen LogP contribution is -2.57. The lowest BCUT2D eigenvalue weighted by molar-refractivity contribution is -0.136. The Morgan fingerprint density at radius 1 is 1.17 bits per heavy atom. The molecule has 2 aliphatic heterocycles. The molecule has 0 radical (unpaired) electrons. The first-order chi connectivity index (χ1) is 11.5. The molecular formula is C18H25N3O3. The zero-order chi connectivity index (χ0) is 17.3. The van der Waals surface area contributed by atoms with Crippen LogP contribution in [-0.4, -0.2) is 70.1 Å². The summed E-state index contributed by atoms with van der Waals surface area (Å²) in [5, 5.41) is 9.31. The van der Waals surface area contributed by atoms with Gasteiger partial charge in [0.25, 0.3) is 5.91 Å². The van der Waals surface area contributed by atoms with Gasteiger partial charge in [-0.25, -0.2) is 4.79 Å². The molecule has 2 aliphatic rings. The van der Waals surface area contributed by atoms with E-state index in [9.17, 15) is 14.7 Å². The highest BCUT2D eigenvalue weighted by molar-refractivity contribution is 6.06. The normalized spacial score (nSPS) is 22.5. The van der Waals surface area contributed by atoms with Crippen LogP contribution in [0.4, 0.5) is 4.79 Å². The van der Waals surface area contributed by atoms with E-state index in [0.717, 1.165) is 5.56 Å². The minimum Gasteiger partial charge on any atom is -0.395 e. The molecule has 1 aromatic rings. The Morgan fingerprint density at radius 3 is 2.38 bits per heavy atom. The van der Waals surface area contributed by atoms with Crippen molar-refractivity contribution in [3.8, 4) is 0 Å². The van der Waals surface area contributed by atoms with Gasteiger partial charge in [-0.2, -0.15) is 0 Å². The van der Waals surface area contributed by atoms with E-state index in [4.69, 9.17) is 0 Å². The van der Waals surface area contributed by atoms with Crippen molar-refractivity contribution in [3.63, 3.8) is 0 Å². The van der Waals surface area contributed by atoms with E-state index in [0.29, 0.717) is 32.5 Å². The number of carbonyl (C=O) groups excluding carboxylic acids is 2. The van der Waals surface area contributed by atoms with Crippen molar-refractivity contribution in [2.24, 2.45) is 0 Å². The van der Waals surface area contributed by atoms with Crippen LogP contribution in [-0.2, 0) is 11.3 Å². The molecule has 0 saturated carbocycles. The molecule has 2 fully saturated rings. The number of aliphatic hydroxyl groups is 1. The number of hydrogen-bond donors (Lipinski definition) is 1. The second-order valence-electron chi connectivity index (χ2n) is 6.82. The molecule has 6 heteroatoms. The van der Waals surface area contributed by atoms with Gasteiger partial charge >= 0.3 is 6.03 Å². The maximum atomic E-state index is 13.0. The molecule has 0 aromatic heterocycles. The number of urea groups is 1. The number of carbonyl (C=O) groups is 2. The second kappa shape index (κ2) is 6.53. The molecule has 24 heavy (non-hydrogen) atoms. The molecule has 2 saturated heterocycles. The van der Waals surface area contributed by atoms with Crippen molar-refractivity contribution in [2.45, 2.75) is 37.9 Å². The number of nitrogens with zero attached hydrogens (tertiary/aromatic N) is 3. The summed E-state index contributed by atoms with van der Waals surface area (Å²) in [5.74, 6) is -0.0878. The fourth-order valence-corrected chi connectivity index (χ4v) is 3.75. The van der Waals surface area contributed by atoms with Crippen LogP contribution in [0.5, 0.6) is 0 Å². The summed E-state index contributed by atoms with van der Waals surface area (Å²) in [7, 11) is 1.73. The lowest BCUT2D eigenvalue weighted by atomic mass is 9.85. The zero-order valence-electron chi connectivity index (χ0n) is 14.3. The molecule has 1 aromatic carbocycles. The lowest BCUT2D eigenvalue weighted by Gasteiger charge is -2.42. The number of likely N-dealkylation sites (N-methyl/N-ethyl adjacent to an activating group) is 1. The van der Waals surface area contributed by atoms with Crippen LogP contribution in [0.2, 0.25) is 0 Å². The molecule has 3 rings (SSSR count). The Labute approximate surface area is 142 Å². The number of aliphatic hydroxyl groups excluding tert-OH is 1. The van der Waals surface area contributed by atoms with Crippen LogP contribution in [0.3, 0.4) is 0 Å². The van der Waals surface area contributed by atoms with E-state index in [1.165, 1.54) is 4.90 Å². The van der Waals surface area contributed by atoms with Crippen molar-refractivity contribution < 1.29 is 14.7 Å². The van der Waals surface area contributed by atoms with Gasteiger partial charge in [0, 0.05) is 26.2 Å². The van der Waals surface area contributed by atoms with Crippen molar-refractivity contribution in [3.05, 3.63) is 35.9 Å². The van der Waals surface area contributed by atoms with Gasteiger partial charge < -0.3 is 10.0 Å². The van der Waals surface area contributed by atoms with Gasteiger partial charge in [0.1, 0.15) is 5.54 Å². The van der Waals surface area contributed by atoms with Gasteiger partial charge in [-0.3, -0.25) is 14.6 Å². The fourth-order valence-electron chi connectivity index (χ4n) is 3.75. The van der Waals surface area contributed by atoms with Gasteiger partial charge in [-0.1, -0.05) is 30.3 Å². The third kappa shape index (κ3) is 2.70. The Morgan fingerprint density at radius 2 is 1.79 bits per heavy atom. The highest BCUT2D eigenvalue weighted by Gasteiger charge is 2.56. The van der Waals surface area contributed by atoms with Crippen LogP contribution in [0.25, 0.3) is 0 Å². The number of hydrogen-bond acceptors (Lipinski definition) is 4. The summed E-state index contributed by atoms with van der Waals surface area (Å²) in [6.45, 7) is 3.83. The van der Waals surface area contributed by atoms with Crippen LogP contribution < -0.4 is 0 Å². The summed E-state index contributed by atoms with van der Waals surface area (Å²) in [6, 6.07) is 9.47. The SMILES string of the molecule is CC(CO)N1CCC2(CC1)C(=O)N(Cc1ccccc1)C(=O)N2C. The number of piperidine rings is 1. The van der Waals surface area contributed by atoms with Crippen molar-refractivity contribution in [2.75, 3.05) is 26.7 Å². The molecule has 2 heterocycles. The Balaban J connectivity index is 1.76. The van der Waals surface area contributed by atoms with Crippen LogP contribution in [0.1, 0.15) is 25.3 Å². The van der Waals surface area contributed by atoms with Crippen LogP contribution >= 0.6 is 0 Å². The molecule has 1 unspecified atom stereocenters. The maximum Gasteiger partial charge on any atom is 0.327 e. The van der Waals surface area contributed by atoms with Gasteiger partial charge in [0.05, 0.1) is 13.2 Å². The molecule has 130 valence electrons. The first-order valence-corrected chi connectivity index (χ1v) is 8.48. The smallest absolute Gasteiger partial charge is 0.327 e. The number of rotatable bonds is 4. The molecule has 1 spiro atoms. The minimum atomic E-state index is -0.725. The minimum absolute atomic E-state index is 0.0836. The average molecular weight is 331 g/mol. The van der Waals surface area contributed by atoms with Gasteiger partial charge in [-0.15, -0.1) is 0 Å². The molecule has 1 N–H and O–H groups in total. The summed E-state index contributed by atoms with van der Waals surface area (Å²) < 4.78 is 0. The number of likely N-dealkylation sites (tertiary alicyclic amines) is 1. The topological polar surface area (TPSA) is 64.1 Å². The fraction of sp³-hybridized carbons (Fsp3) is 0.556. The number of benzene rings is 1. The highest BCUT2D eigenvalue weighted by Crippen LogP contribution is 2.37. The third-order valence-corrected chi connectivity index (χ3v) is 5.50. The van der Waals surface area contributed by atoms with Crippen molar-refractivity contribution in [1.29, 1.82) is 0 Å². The van der Waals surface area contributed by atoms with E-state index >= 15 is 0 Å². The summed E-state index contributed by atoms with van der Waals surface area (Å²) >= 11 is 0. The van der Waals surface area contributed by atoms with Gasteiger partial charge in [-0.05, 0) is 25.3 Å². The number of imide groups is 1. The highest BCUT2D eigenvalue weighted by atomic mass is 16.3. The maximum absolute atomic E-state index is 13.0. The molecule has 3 amide bonds. The standard InChI is InChI=1S/C18H25N3O3/c1-14(13-22)20-10-8-18(9-11-20)16(23)21(17(24)19(18)2)12-15-6-4-3-5-7-15/h3-7,14,22H,8-13H2,1-2H3. The molecule has 6 nitrogen and oxygen atoms in total. The largest absolute Gasteiger partial charge is 0.395 e. The zero-order valence-corrected chi connectivity index (χ0v) is 14.3. The number of amides is 3. The summed E-state index contributed by atoms with van der Waals surface area (Å²) in [5.41, 5.74) is 0.230. The first kappa shape index (κ1) is 16.9. The van der Waals surface area contributed by atoms with E-state index in [1.54, 1.807) is 11.9 Å². The predicted octanol–water partition coefficient (Wildman–Crippen LogP) is 1.30. The van der Waals surface area contributed by atoms with E-state index in [1.807, 2.05) is 37.3 Å². The van der Waals surface area contributed by atoms with E-state index < -0.39 is 5.54 Å².